The third-order valence-electron chi connectivity index (χ3n) is 6.30. The van der Waals surface area contributed by atoms with E-state index in [9.17, 15) is 9.18 Å². The van der Waals surface area contributed by atoms with Gasteiger partial charge in [0.2, 0.25) is 5.91 Å². The van der Waals surface area contributed by atoms with E-state index in [0.717, 1.165) is 42.8 Å². The van der Waals surface area contributed by atoms with Gasteiger partial charge in [-0.3, -0.25) is 4.79 Å². The standard InChI is InChI=1S/C24H29FN4O.C2H6/c1-4-16(2)23(30)29-15-7-10-21(29)22-26-24(3,28-27-22)18-13-11-17(12-14-18)19-8-5-6-9-20(19)25;1-2/h5-6,8-9,11-14,16,21,28H,4,7,10,15H2,1-3H3,(H,26,27);1-2H3. The number of aliphatic imine (C=N–C) groups is 1. The number of hydrazine groups is 1. The van der Waals surface area contributed by atoms with Crippen LogP contribution in [0.15, 0.2) is 53.5 Å². The maximum Gasteiger partial charge on any atom is 0.226 e. The predicted molar refractivity (Wildman–Crippen MR) is 128 cm³/mol. The molecule has 2 aromatic carbocycles. The molecule has 5 nitrogen and oxygen atoms in total. The summed E-state index contributed by atoms with van der Waals surface area (Å²) in [6.07, 6.45) is 2.74. The van der Waals surface area contributed by atoms with Gasteiger partial charge in [0, 0.05) is 18.0 Å². The number of carbonyl (C=O) groups is 1. The summed E-state index contributed by atoms with van der Waals surface area (Å²) in [4.78, 5) is 19.7. The quantitative estimate of drug-likeness (QED) is 0.672. The Balaban J connectivity index is 0.00000141. The lowest BCUT2D eigenvalue weighted by atomic mass is 9.98. The average Bonchev–Trinajstić information content (AvgIpc) is 3.47. The van der Waals surface area contributed by atoms with E-state index >= 15 is 0 Å². The van der Waals surface area contributed by atoms with E-state index in [1.165, 1.54) is 6.07 Å². The third kappa shape index (κ3) is 4.70. The van der Waals surface area contributed by atoms with Gasteiger partial charge in [0.25, 0.3) is 0 Å². The number of nitrogens with one attached hydrogen (secondary N) is 2. The van der Waals surface area contributed by atoms with Gasteiger partial charge in [-0.2, -0.15) is 0 Å². The maximum absolute atomic E-state index is 14.1. The summed E-state index contributed by atoms with van der Waals surface area (Å²) in [5, 5.41) is 0. The minimum Gasteiger partial charge on any atom is -0.332 e. The molecule has 172 valence electrons. The normalized spacial score (nSPS) is 23.1. The highest BCUT2D eigenvalue weighted by molar-refractivity contribution is 5.93. The van der Waals surface area contributed by atoms with E-state index in [0.29, 0.717) is 5.56 Å². The van der Waals surface area contributed by atoms with Crippen molar-refractivity contribution in [3.63, 3.8) is 0 Å². The fourth-order valence-electron chi connectivity index (χ4n) is 4.22. The van der Waals surface area contributed by atoms with Gasteiger partial charge in [0.1, 0.15) is 11.7 Å². The zero-order chi connectivity index (χ0) is 23.3. The van der Waals surface area contributed by atoms with Gasteiger partial charge in [0.15, 0.2) is 5.66 Å². The van der Waals surface area contributed by atoms with Crippen LogP contribution in [-0.2, 0) is 10.5 Å². The van der Waals surface area contributed by atoms with E-state index in [4.69, 9.17) is 4.99 Å². The second kappa shape index (κ2) is 10.3. The number of nitrogens with zero attached hydrogens (tertiary/aromatic N) is 2. The average molecular weight is 439 g/mol. The molecular formula is C26H35FN4O. The molecule has 3 unspecified atom stereocenters. The van der Waals surface area contributed by atoms with E-state index in [2.05, 4.69) is 10.9 Å². The van der Waals surface area contributed by atoms with Crippen LogP contribution in [-0.4, -0.2) is 29.2 Å². The first-order valence-electron chi connectivity index (χ1n) is 11.7. The molecule has 2 N–H and O–H groups in total. The smallest absolute Gasteiger partial charge is 0.226 e. The first-order chi connectivity index (χ1) is 15.4. The highest BCUT2D eigenvalue weighted by Gasteiger charge is 2.40. The number of carbonyl (C=O) groups excluding carboxylic acids is 1. The minimum atomic E-state index is -0.642. The van der Waals surface area contributed by atoms with E-state index in [1.807, 2.05) is 69.9 Å². The summed E-state index contributed by atoms with van der Waals surface area (Å²) in [7, 11) is 0. The summed E-state index contributed by atoms with van der Waals surface area (Å²) >= 11 is 0. The molecule has 4 rings (SSSR count). The number of amidine groups is 1. The van der Waals surface area contributed by atoms with Gasteiger partial charge >= 0.3 is 0 Å². The first-order valence-corrected chi connectivity index (χ1v) is 11.7. The van der Waals surface area contributed by atoms with Crippen LogP contribution in [0.5, 0.6) is 0 Å². The fourth-order valence-corrected chi connectivity index (χ4v) is 4.22. The van der Waals surface area contributed by atoms with E-state index in [1.54, 1.807) is 12.1 Å². The molecule has 0 aliphatic carbocycles. The highest BCUT2D eigenvalue weighted by Crippen LogP contribution is 2.31. The molecule has 0 spiro atoms. The Morgan fingerprint density at radius 3 is 2.56 bits per heavy atom. The number of hydrogen-bond acceptors (Lipinski definition) is 4. The molecule has 3 atom stereocenters. The lowest BCUT2D eigenvalue weighted by molar-refractivity contribution is -0.134. The fraction of sp³-hybridized carbons (Fsp3) is 0.462. The summed E-state index contributed by atoms with van der Waals surface area (Å²) in [6.45, 7) is 10.8. The molecule has 32 heavy (non-hydrogen) atoms. The third-order valence-corrected chi connectivity index (χ3v) is 6.30. The molecule has 1 fully saturated rings. The molecule has 0 bridgehead atoms. The second-order valence-corrected chi connectivity index (χ2v) is 8.38. The van der Waals surface area contributed by atoms with Crippen molar-refractivity contribution in [1.29, 1.82) is 0 Å². The minimum absolute atomic E-state index is 0.0153. The summed E-state index contributed by atoms with van der Waals surface area (Å²) in [5.41, 5.74) is 8.26. The van der Waals surface area contributed by atoms with Crippen LogP contribution >= 0.6 is 0 Å². The Labute approximate surface area is 191 Å². The topological polar surface area (TPSA) is 56.7 Å². The van der Waals surface area contributed by atoms with Gasteiger partial charge < -0.3 is 10.3 Å². The zero-order valence-electron chi connectivity index (χ0n) is 19.8. The molecule has 2 aliphatic rings. The summed E-state index contributed by atoms with van der Waals surface area (Å²) in [5.74, 6) is 0.805. The monoisotopic (exact) mass is 438 g/mol. The number of halogens is 1. The summed E-state index contributed by atoms with van der Waals surface area (Å²) in [6, 6.07) is 14.5. The van der Waals surface area contributed by atoms with Gasteiger partial charge in [-0.15, -0.1) is 0 Å². The Hall–Kier alpha value is -2.73. The van der Waals surface area contributed by atoms with Gasteiger partial charge in [-0.05, 0) is 43.4 Å². The largest absolute Gasteiger partial charge is 0.332 e. The molecule has 1 amide bonds. The summed E-state index contributed by atoms with van der Waals surface area (Å²) < 4.78 is 14.1. The first kappa shape index (κ1) is 23.9. The Bertz CT molecular complexity index is 959. The number of rotatable bonds is 5. The van der Waals surface area contributed by atoms with Crippen LogP contribution in [0, 0.1) is 11.7 Å². The predicted octanol–water partition coefficient (Wildman–Crippen LogP) is 5.24. The zero-order valence-corrected chi connectivity index (χ0v) is 19.8. The lowest BCUT2D eigenvalue weighted by Crippen LogP contribution is -2.49. The van der Waals surface area contributed by atoms with Crippen LogP contribution in [0.4, 0.5) is 4.39 Å². The number of benzene rings is 2. The van der Waals surface area contributed by atoms with E-state index in [-0.39, 0.29) is 23.7 Å². The molecule has 2 aromatic rings. The van der Waals surface area contributed by atoms with Crippen LogP contribution < -0.4 is 10.9 Å². The molecule has 0 saturated carbocycles. The van der Waals surface area contributed by atoms with Crippen molar-refractivity contribution >= 4 is 11.7 Å². The molecule has 1 saturated heterocycles. The molecule has 0 aromatic heterocycles. The van der Waals surface area contributed by atoms with Crippen molar-refractivity contribution in [1.82, 2.24) is 15.8 Å². The Morgan fingerprint density at radius 1 is 1.22 bits per heavy atom. The molecule has 6 heteroatoms. The van der Waals surface area contributed by atoms with Crippen molar-refractivity contribution < 1.29 is 9.18 Å². The maximum atomic E-state index is 14.1. The molecule has 0 radical (unpaired) electrons. The van der Waals surface area contributed by atoms with Crippen molar-refractivity contribution in [3.8, 4) is 11.1 Å². The number of hydrogen-bond donors (Lipinski definition) is 2. The van der Waals surface area contributed by atoms with Crippen LogP contribution in [0.1, 0.15) is 59.4 Å². The van der Waals surface area contributed by atoms with Crippen molar-refractivity contribution in [2.24, 2.45) is 10.9 Å². The van der Waals surface area contributed by atoms with Crippen molar-refractivity contribution in [2.45, 2.75) is 65.6 Å². The second-order valence-electron chi connectivity index (χ2n) is 8.38. The van der Waals surface area contributed by atoms with E-state index < -0.39 is 5.66 Å². The molecule has 2 aliphatic heterocycles. The van der Waals surface area contributed by atoms with Crippen molar-refractivity contribution in [3.05, 3.63) is 59.9 Å². The lowest BCUT2D eigenvalue weighted by Gasteiger charge is -2.27. The van der Waals surface area contributed by atoms with Gasteiger partial charge in [-0.25, -0.2) is 14.8 Å². The van der Waals surface area contributed by atoms with Crippen LogP contribution in [0.25, 0.3) is 11.1 Å². The van der Waals surface area contributed by atoms with Gasteiger partial charge in [0.05, 0.1) is 6.04 Å². The Kier molecular flexibility index (Phi) is 7.67. The molecule has 2 heterocycles. The Morgan fingerprint density at radius 2 is 1.91 bits per heavy atom. The number of amides is 1. The highest BCUT2D eigenvalue weighted by atomic mass is 19.1. The van der Waals surface area contributed by atoms with Crippen molar-refractivity contribution in [2.75, 3.05) is 6.54 Å². The van der Waals surface area contributed by atoms with Gasteiger partial charge in [-0.1, -0.05) is 70.2 Å². The molecular weight excluding hydrogens is 403 g/mol. The van der Waals surface area contributed by atoms with Crippen LogP contribution in [0.3, 0.4) is 0 Å². The SMILES string of the molecule is CC.CCC(C)C(=O)N1CCCC1C1=NC(C)(c2ccc(-c3ccccc3F)cc2)NN1. The van der Waals surface area contributed by atoms with Crippen LogP contribution in [0.2, 0.25) is 0 Å². The number of likely N-dealkylation sites (tertiary alicyclic amines) is 1.